The van der Waals surface area contributed by atoms with Crippen molar-refractivity contribution in [2.45, 2.75) is 32.4 Å². The summed E-state index contributed by atoms with van der Waals surface area (Å²) < 4.78 is 13.1. The van der Waals surface area contributed by atoms with Gasteiger partial charge in [-0.25, -0.2) is 4.98 Å². The SMILES string of the molecule is CC(=O)c1nc2c(N3CCOCC3)nc(Cl)nc2n1C1CCCCO1. The first kappa shape index (κ1) is 16.7. The van der Waals surface area contributed by atoms with Crippen molar-refractivity contribution in [3.8, 4) is 0 Å². The Balaban J connectivity index is 1.89. The van der Waals surface area contributed by atoms with Crippen LogP contribution >= 0.6 is 11.6 Å². The van der Waals surface area contributed by atoms with E-state index in [0.717, 1.165) is 19.3 Å². The Bertz CT molecular complexity index is 797. The lowest BCUT2D eigenvalue weighted by Crippen LogP contribution is -2.37. The van der Waals surface area contributed by atoms with E-state index < -0.39 is 0 Å². The summed E-state index contributed by atoms with van der Waals surface area (Å²) in [5.74, 6) is 0.861. The van der Waals surface area contributed by atoms with E-state index in [1.165, 1.54) is 6.92 Å². The van der Waals surface area contributed by atoms with Crippen LogP contribution in [0.4, 0.5) is 5.82 Å². The molecule has 2 aliphatic heterocycles. The van der Waals surface area contributed by atoms with Gasteiger partial charge in [-0.15, -0.1) is 0 Å². The van der Waals surface area contributed by atoms with Gasteiger partial charge in [0, 0.05) is 26.6 Å². The second kappa shape index (κ2) is 6.86. The summed E-state index contributed by atoms with van der Waals surface area (Å²) in [5, 5.41) is 0.140. The predicted octanol–water partition coefficient (Wildman–Crippen LogP) is 2.22. The van der Waals surface area contributed by atoms with Gasteiger partial charge >= 0.3 is 0 Å². The second-order valence-electron chi connectivity index (χ2n) is 6.27. The van der Waals surface area contributed by atoms with Crippen LogP contribution in [-0.4, -0.2) is 58.2 Å². The number of imidazole rings is 1. The van der Waals surface area contributed by atoms with Crippen LogP contribution in [0.25, 0.3) is 11.2 Å². The Morgan fingerprint density at radius 1 is 1.16 bits per heavy atom. The van der Waals surface area contributed by atoms with Gasteiger partial charge in [0.05, 0.1) is 13.2 Å². The highest BCUT2D eigenvalue weighted by Crippen LogP contribution is 2.32. The number of morpholine rings is 1. The van der Waals surface area contributed by atoms with E-state index in [1.807, 2.05) is 0 Å². The molecule has 0 amide bonds. The molecular formula is C16H20ClN5O3. The number of ether oxygens (including phenoxy) is 2. The molecule has 4 rings (SSSR count). The van der Waals surface area contributed by atoms with Gasteiger partial charge in [-0.3, -0.25) is 9.36 Å². The van der Waals surface area contributed by atoms with Crippen molar-refractivity contribution in [3.05, 3.63) is 11.1 Å². The molecule has 0 radical (unpaired) electrons. The van der Waals surface area contributed by atoms with E-state index in [0.29, 0.717) is 55.7 Å². The van der Waals surface area contributed by atoms with E-state index in [4.69, 9.17) is 21.1 Å². The number of rotatable bonds is 3. The van der Waals surface area contributed by atoms with Crippen molar-refractivity contribution in [2.75, 3.05) is 37.8 Å². The molecule has 0 bridgehead atoms. The number of carbonyl (C=O) groups excluding carboxylic acids is 1. The fourth-order valence-electron chi connectivity index (χ4n) is 3.38. The normalized spacial score (nSPS) is 21.7. The molecule has 0 spiro atoms. The molecule has 1 unspecified atom stereocenters. The Morgan fingerprint density at radius 3 is 2.64 bits per heavy atom. The van der Waals surface area contributed by atoms with E-state index >= 15 is 0 Å². The molecule has 2 saturated heterocycles. The summed E-state index contributed by atoms with van der Waals surface area (Å²) in [6.45, 7) is 4.81. The zero-order valence-corrected chi connectivity index (χ0v) is 14.8. The molecule has 0 aliphatic carbocycles. The van der Waals surface area contributed by atoms with Crippen LogP contribution in [0.3, 0.4) is 0 Å². The summed E-state index contributed by atoms with van der Waals surface area (Å²) >= 11 is 6.20. The molecule has 25 heavy (non-hydrogen) atoms. The van der Waals surface area contributed by atoms with Crippen molar-refractivity contribution in [3.63, 3.8) is 0 Å². The fourth-order valence-corrected chi connectivity index (χ4v) is 3.54. The van der Waals surface area contributed by atoms with Crippen LogP contribution in [0.2, 0.25) is 5.28 Å². The van der Waals surface area contributed by atoms with Crippen molar-refractivity contribution < 1.29 is 14.3 Å². The van der Waals surface area contributed by atoms with Crippen molar-refractivity contribution in [1.29, 1.82) is 0 Å². The van der Waals surface area contributed by atoms with Crippen LogP contribution in [-0.2, 0) is 9.47 Å². The lowest BCUT2D eigenvalue weighted by Gasteiger charge is -2.28. The highest BCUT2D eigenvalue weighted by atomic mass is 35.5. The molecule has 8 nitrogen and oxygen atoms in total. The van der Waals surface area contributed by atoms with Gasteiger partial charge in [0.25, 0.3) is 0 Å². The highest BCUT2D eigenvalue weighted by molar-refractivity contribution is 6.28. The summed E-state index contributed by atoms with van der Waals surface area (Å²) in [4.78, 5) is 27.6. The maximum absolute atomic E-state index is 12.2. The van der Waals surface area contributed by atoms with Crippen LogP contribution in [0.1, 0.15) is 43.0 Å². The van der Waals surface area contributed by atoms with Gasteiger partial charge in [0.2, 0.25) is 5.28 Å². The van der Waals surface area contributed by atoms with Gasteiger partial charge in [-0.05, 0) is 30.9 Å². The van der Waals surface area contributed by atoms with E-state index in [9.17, 15) is 4.79 Å². The third-order valence-electron chi connectivity index (χ3n) is 4.56. The molecule has 2 aliphatic rings. The van der Waals surface area contributed by atoms with Gasteiger partial charge in [-0.1, -0.05) is 0 Å². The maximum atomic E-state index is 12.2. The van der Waals surface area contributed by atoms with Gasteiger partial charge in [-0.2, -0.15) is 9.97 Å². The minimum atomic E-state index is -0.249. The number of fused-ring (bicyclic) bond motifs is 1. The van der Waals surface area contributed by atoms with Crippen LogP contribution in [0, 0.1) is 0 Å². The minimum Gasteiger partial charge on any atom is -0.378 e. The number of Topliss-reactive ketones (excluding diaryl/α,β-unsaturated/α-hetero) is 1. The summed E-state index contributed by atoms with van der Waals surface area (Å²) in [5.41, 5.74) is 1.14. The lowest BCUT2D eigenvalue weighted by molar-refractivity contribution is -0.0308. The fraction of sp³-hybridized carbons (Fsp3) is 0.625. The first-order valence-corrected chi connectivity index (χ1v) is 8.93. The van der Waals surface area contributed by atoms with E-state index in [2.05, 4.69) is 19.9 Å². The number of carbonyl (C=O) groups is 1. The topological polar surface area (TPSA) is 82.4 Å². The average molecular weight is 366 g/mol. The van der Waals surface area contributed by atoms with Crippen molar-refractivity contribution in [2.24, 2.45) is 0 Å². The van der Waals surface area contributed by atoms with Crippen molar-refractivity contribution in [1.82, 2.24) is 19.5 Å². The van der Waals surface area contributed by atoms with Gasteiger partial charge in [0.1, 0.15) is 6.23 Å². The molecule has 0 aromatic carbocycles. The smallest absolute Gasteiger partial charge is 0.226 e. The second-order valence-corrected chi connectivity index (χ2v) is 6.61. The zero-order chi connectivity index (χ0) is 17.4. The molecule has 2 aromatic heterocycles. The predicted molar refractivity (Wildman–Crippen MR) is 92.2 cm³/mol. The Hall–Kier alpha value is -1.77. The van der Waals surface area contributed by atoms with Gasteiger partial charge in [0.15, 0.2) is 28.6 Å². The summed E-state index contributed by atoms with van der Waals surface area (Å²) in [7, 11) is 0. The van der Waals surface area contributed by atoms with Gasteiger partial charge < -0.3 is 14.4 Å². The molecular weight excluding hydrogens is 346 g/mol. The largest absolute Gasteiger partial charge is 0.378 e. The number of ketones is 1. The van der Waals surface area contributed by atoms with E-state index in [1.54, 1.807) is 4.57 Å². The third kappa shape index (κ3) is 3.09. The summed E-state index contributed by atoms with van der Waals surface area (Å²) in [6.07, 6.45) is 2.63. The molecule has 4 heterocycles. The minimum absolute atomic E-state index is 0.128. The number of aromatic nitrogens is 4. The monoisotopic (exact) mass is 365 g/mol. The Morgan fingerprint density at radius 2 is 1.96 bits per heavy atom. The average Bonchev–Trinajstić information content (AvgIpc) is 3.02. The number of hydrogen-bond acceptors (Lipinski definition) is 7. The molecule has 134 valence electrons. The maximum Gasteiger partial charge on any atom is 0.226 e. The van der Waals surface area contributed by atoms with E-state index in [-0.39, 0.29) is 17.3 Å². The first-order valence-electron chi connectivity index (χ1n) is 8.56. The Kier molecular flexibility index (Phi) is 4.58. The quantitative estimate of drug-likeness (QED) is 0.609. The number of anilines is 1. The highest BCUT2D eigenvalue weighted by Gasteiger charge is 2.28. The standard InChI is InChI=1S/C16H20ClN5O3/c1-10(23)13-18-12-14(21-5-8-24-9-6-21)19-16(17)20-15(12)22(13)11-4-2-3-7-25-11/h11H,2-9H2,1H3. The molecule has 2 fully saturated rings. The van der Waals surface area contributed by atoms with Crippen LogP contribution < -0.4 is 4.90 Å². The third-order valence-corrected chi connectivity index (χ3v) is 4.73. The number of halogens is 1. The van der Waals surface area contributed by atoms with Crippen LogP contribution in [0.15, 0.2) is 0 Å². The molecule has 0 saturated carbocycles. The zero-order valence-electron chi connectivity index (χ0n) is 14.1. The molecule has 0 N–H and O–H groups in total. The molecule has 9 heteroatoms. The van der Waals surface area contributed by atoms with Crippen molar-refractivity contribution >= 4 is 34.4 Å². The number of nitrogens with zero attached hydrogens (tertiary/aromatic N) is 5. The number of hydrogen-bond donors (Lipinski definition) is 0. The molecule has 2 aromatic rings. The Labute approximate surface area is 150 Å². The van der Waals surface area contributed by atoms with Crippen LogP contribution in [0.5, 0.6) is 0 Å². The lowest BCUT2D eigenvalue weighted by atomic mass is 10.2. The molecule has 1 atom stereocenters. The first-order chi connectivity index (χ1) is 12.1. The summed E-state index contributed by atoms with van der Waals surface area (Å²) in [6, 6.07) is 0.